The molecule has 7 heteroatoms. The molecule has 0 aromatic heterocycles. The van der Waals surface area contributed by atoms with Gasteiger partial charge in [-0.3, -0.25) is 19.3 Å². The van der Waals surface area contributed by atoms with Gasteiger partial charge in [-0.1, -0.05) is 35.9 Å². The number of nitrogens with zero attached hydrogens (tertiary/aromatic N) is 1. The number of carbonyl (C=O) groups is 3. The number of hydrogen-bond donors (Lipinski definition) is 1. The molecule has 5 nitrogen and oxygen atoms in total. The van der Waals surface area contributed by atoms with Gasteiger partial charge in [0.15, 0.2) is 0 Å². The smallest absolute Gasteiger partial charge is 0.273 e. The van der Waals surface area contributed by atoms with Crippen molar-refractivity contribution < 1.29 is 18.8 Å². The molecule has 0 aliphatic carbocycles. The molecule has 0 fully saturated rings. The number of anilines is 1. The molecule has 1 aliphatic heterocycles. The van der Waals surface area contributed by atoms with Crippen molar-refractivity contribution in [3.05, 3.63) is 70.5 Å². The zero-order chi connectivity index (χ0) is 18.8. The molecule has 0 saturated carbocycles. The second-order valence-corrected chi connectivity index (χ2v) is 6.15. The van der Waals surface area contributed by atoms with Crippen LogP contribution in [0.3, 0.4) is 0 Å². The summed E-state index contributed by atoms with van der Waals surface area (Å²) in [6.45, 7) is 1.39. The second-order valence-electron chi connectivity index (χ2n) is 5.77. The topological polar surface area (TPSA) is 66.5 Å². The van der Waals surface area contributed by atoms with E-state index in [0.29, 0.717) is 16.8 Å². The Morgan fingerprint density at radius 2 is 1.65 bits per heavy atom. The number of halogens is 2. The third-order valence-electron chi connectivity index (χ3n) is 3.86. The van der Waals surface area contributed by atoms with Gasteiger partial charge < -0.3 is 5.32 Å². The van der Waals surface area contributed by atoms with Crippen LogP contribution < -0.4 is 5.32 Å². The van der Waals surface area contributed by atoms with Gasteiger partial charge in [0.25, 0.3) is 11.8 Å². The standard InChI is InChI=1S/C19H14ClFN2O3/c1-11(24)22-15-8-4-13(5-9-15)16-17(20)19(26)23(18(16)25)10-12-2-6-14(21)7-3-12/h2-9H,10H2,1H3,(H,22,24). The van der Waals surface area contributed by atoms with Crippen molar-refractivity contribution in [1.82, 2.24) is 4.90 Å². The van der Waals surface area contributed by atoms with Gasteiger partial charge in [0.2, 0.25) is 5.91 Å². The highest BCUT2D eigenvalue weighted by Gasteiger charge is 2.38. The highest BCUT2D eigenvalue weighted by Crippen LogP contribution is 2.33. The quantitative estimate of drug-likeness (QED) is 0.837. The SMILES string of the molecule is CC(=O)Nc1ccc(C2=C(Cl)C(=O)N(Cc3ccc(F)cc3)C2=O)cc1. The molecule has 2 aromatic carbocycles. The predicted molar refractivity (Wildman–Crippen MR) is 95.5 cm³/mol. The number of nitrogens with one attached hydrogen (secondary N) is 1. The molecule has 1 N–H and O–H groups in total. The summed E-state index contributed by atoms with van der Waals surface area (Å²) in [6, 6.07) is 12.0. The number of hydrogen-bond acceptors (Lipinski definition) is 3. The van der Waals surface area contributed by atoms with Gasteiger partial charge >= 0.3 is 0 Å². The lowest BCUT2D eigenvalue weighted by Crippen LogP contribution is -2.30. The van der Waals surface area contributed by atoms with Crippen LogP contribution in [-0.4, -0.2) is 22.6 Å². The van der Waals surface area contributed by atoms with Gasteiger partial charge in [-0.25, -0.2) is 4.39 Å². The van der Waals surface area contributed by atoms with Crippen molar-refractivity contribution in [2.24, 2.45) is 0 Å². The summed E-state index contributed by atoms with van der Waals surface area (Å²) in [5.74, 6) is -1.73. The number of amides is 3. The van der Waals surface area contributed by atoms with E-state index >= 15 is 0 Å². The van der Waals surface area contributed by atoms with Crippen LogP contribution in [0.2, 0.25) is 0 Å². The highest BCUT2D eigenvalue weighted by molar-refractivity contribution is 6.55. The first-order valence-corrected chi connectivity index (χ1v) is 8.13. The van der Waals surface area contributed by atoms with Crippen LogP contribution in [0.15, 0.2) is 53.6 Å². The van der Waals surface area contributed by atoms with E-state index in [0.717, 1.165) is 4.90 Å². The Morgan fingerprint density at radius 3 is 2.23 bits per heavy atom. The van der Waals surface area contributed by atoms with Crippen LogP contribution in [0.1, 0.15) is 18.1 Å². The predicted octanol–water partition coefficient (Wildman–Crippen LogP) is 3.30. The van der Waals surface area contributed by atoms with Crippen LogP contribution in [0.5, 0.6) is 0 Å². The van der Waals surface area contributed by atoms with Crippen LogP contribution in [0.4, 0.5) is 10.1 Å². The lowest BCUT2D eigenvalue weighted by Gasteiger charge is -2.15. The average Bonchev–Trinajstić information content (AvgIpc) is 2.81. The minimum absolute atomic E-state index is 0.00163. The van der Waals surface area contributed by atoms with Crippen LogP contribution in [0, 0.1) is 5.82 Å². The molecule has 0 radical (unpaired) electrons. The number of carbonyl (C=O) groups excluding carboxylic acids is 3. The highest BCUT2D eigenvalue weighted by atomic mass is 35.5. The Kier molecular flexibility index (Phi) is 4.86. The molecule has 1 heterocycles. The largest absolute Gasteiger partial charge is 0.326 e. The summed E-state index contributed by atoms with van der Waals surface area (Å²) >= 11 is 6.11. The van der Waals surface area contributed by atoms with Crippen molar-refractivity contribution >= 4 is 40.6 Å². The molecule has 0 bridgehead atoms. The van der Waals surface area contributed by atoms with E-state index in [-0.39, 0.29) is 23.1 Å². The Morgan fingerprint density at radius 1 is 1.04 bits per heavy atom. The van der Waals surface area contributed by atoms with Gasteiger partial charge in [-0.15, -0.1) is 0 Å². The lowest BCUT2D eigenvalue weighted by atomic mass is 10.1. The third-order valence-corrected chi connectivity index (χ3v) is 4.21. The van der Waals surface area contributed by atoms with Crippen molar-refractivity contribution in [3.63, 3.8) is 0 Å². The minimum Gasteiger partial charge on any atom is -0.326 e. The van der Waals surface area contributed by atoms with Crippen LogP contribution in [-0.2, 0) is 20.9 Å². The fourth-order valence-corrected chi connectivity index (χ4v) is 2.93. The molecule has 2 aromatic rings. The molecule has 3 rings (SSSR count). The zero-order valence-corrected chi connectivity index (χ0v) is 14.5. The Bertz CT molecular complexity index is 921. The minimum atomic E-state index is -0.595. The first-order chi connectivity index (χ1) is 12.4. The molecule has 3 amide bonds. The summed E-state index contributed by atoms with van der Waals surface area (Å²) < 4.78 is 13.0. The Labute approximate surface area is 154 Å². The van der Waals surface area contributed by atoms with Gasteiger partial charge in [0, 0.05) is 12.6 Å². The second kappa shape index (κ2) is 7.09. The number of imide groups is 1. The van der Waals surface area contributed by atoms with E-state index in [1.807, 2.05) is 0 Å². The molecule has 0 saturated heterocycles. The van der Waals surface area contributed by atoms with Gasteiger partial charge in [-0.2, -0.15) is 0 Å². The van der Waals surface area contributed by atoms with Gasteiger partial charge in [-0.05, 0) is 35.4 Å². The summed E-state index contributed by atoms with van der Waals surface area (Å²) in [5.41, 5.74) is 1.76. The van der Waals surface area contributed by atoms with E-state index in [1.165, 1.54) is 31.2 Å². The summed E-state index contributed by atoms with van der Waals surface area (Å²) in [5, 5.41) is 2.46. The molecule has 0 atom stereocenters. The number of benzene rings is 2. The van der Waals surface area contributed by atoms with E-state index in [4.69, 9.17) is 11.6 Å². The van der Waals surface area contributed by atoms with Crippen molar-refractivity contribution in [2.75, 3.05) is 5.32 Å². The maximum atomic E-state index is 13.0. The number of rotatable bonds is 4. The van der Waals surface area contributed by atoms with Gasteiger partial charge in [0.05, 0.1) is 12.1 Å². The zero-order valence-electron chi connectivity index (χ0n) is 13.8. The summed E-state index contributed by atoms with van der Waals surface area (Å²) in [4.78, 5) is 37.1. The molecule has 26 heavy (non-hydrogen) atoms. The summed E-state index contributed by atoms with van der Waals surface area (Å²) in [7, 11) is 0. The fourth-order valence-electron chi connectivity index (χ4n) is 2.64. The average molecular weight is 373 g/mol. The third kappa shape index (κ3) is 3.50. The maximum absolute atomic E-state index is 13.0. The van der Waals surface area contributed by atoms with Crippen molar-refractivity contribution in [1.29, 1.82) is 0 Å². The van der Waals surface area contributed by atoms with Crippen molar-refractivity contribution in [3.8, 4) is 0 Å². The molecular formula is C19H14ClFN2O3. The first kappa shape index (κ1) is 17.8. The summed E-state index contributed by atoms with van der Waals surface area (Å²) in [6.07, 6.45) is 0. The van der Waals surface area contributed by atoms with E-state index < -0.39 is 17.6 Å². The monoisotopic (exact) mass is 372 g/mol. The van der Waals surface area contributed by atoms with E-state index in [2.05, 4.69) is 5.32 Å². The van der Waals surface area contributed by atoms with Crippen molar-refractivity contribution in [2.45, 2.75) is 13.5 Å². The Hall–Kier alpha value is -2.99. The molecule has 132 valence electrons. The fraction of sp³-hybridized carbons (Fsp3) is 0.105. The van der Waals surface area contributed by atoms with Crippen LogP contribution >= 0.6 is 11.6 Å². The van der Waals surface area contributed by atoms with E-state index in [9.17, 15) is 18.8 Å². The van der Waals surface area contributed by atoms with E-state index in [1.54, 1.807) is 24.3 Å². The van der Waals surface area contributed by atoms with Crippen LogP contribution in [0.25, 0.3) is 5.57 Å². The molecule has 0 unspecified atom stereocenters. The maximum Gasteiger partial charge on any atom is 0.273 e. The molecule has 1 aliphatic rings. The first-order valence-electron chi connectivity index (χ1n) is 7.75. The lowest BCUT2D eigenvalue weighted by molar-refractivity contribution is -0.137. The normalized spacial score (nSPS) is 14.2. The molecule has 0 spiro atoms. The van der Waals surface area contributed by atoms with Gasteiger partial charge in [0.1, 0.15) is 10.8 Å². The molecular weight excluding hydrogens is 359 g/mol. The Balaban J connectivity index is 1.84.